The van der Waals surface area contributed by atoms with Crippen LogP contribution in [0.4, 0.5) is 5.69 Å². The molecule has 1 aliphatic carbocycles. The van der Waals surface area contributed by atoms with E-state index in [1.165, 1.54) is 0 Å². The van der Waals surface area contributed by atoms with Gasteiger partial charge >= 0.3 is 0 Å². The lowest BCUT2D eigenvalue weighted by molar-refractivity contribution is -0.122. The molecule has 0 radical (unpaired) electrons. The number of rotatable bonds is 6. The van der Waals surface area contributed by atoms with Gasteiger partial charge in [-0.25, -0.2) is 0 Å². The largest absolute Gasteiger partial charge is 0.349 e. The smallest absolute Gasteiger partial charge is 0.271 e. The summed E-state index contributed by atoms with van der Waals surface area (Å²) in [4.78, 5) is 38.8. The molecular weight excluding hydrogens is 432 g/mol. The maximum Gasteiger partial charge on any atom is 0.271 e. The monoisotopic (exact) mass is 460 g/mol. The van der Waals surface area contributed by atoms with Gasteiger partial charge in [0, 0.05) is 30.6 Å². The number of fused-ring (bicyclic) bond motifs is 1. The Morgan fingerprint density at radius 2 is 1.94 bits per heavy atom. The molecule has 3 N–H and O–H groups in total. The van der Waals surface area contributed by atoms with E-state index in [1.54, 1.807) is 17.8 Å². The Hall–Kier alpha value is -3.75. The highest BCUT2D eigenvalue weighted by molar-refractivity contribution is 6.04. The van der Waals surface area contributed by atoms with Gasteiger partial charge in [0.05, 0.1) is 23.6 Å². The van der Waals surface area contributed by atoms with Crippen LogP contribution in [-0.4, -0.2) is 44.1 Å². The molecule has 9 nitrogen and oxygen atoms in total. The fourth-order valence-electron chi connectivity index (χ4n) is 5.10. The number of Topliss-reactive ketones (excluding diaryl/α,β-unsaturated/α-hetero) is 1. The normalized spacial score (nSPS) is 19.9. The third-order valence-corrected chi connectivity index (χ3v) is 6.91. The quantitative estimate of drug-likeness (QED) is 0.487. The van der Waals surface area contributed by atoms with Crippen LogP contribution in [0, 0.1) is 18.8 Å². The number of benzene rings is 1. The van der Waals surface area contributed by atoms with Crippen molar-refractivity contribution in [2.24, 2.45) is 11.8 Å². The second-order valence-electron chi connectivity index (χ2n) is 9.10. The van der Waals surface area contributed by atoms with Crippen molar-refractivity contribution in [1.82, 2.24) is 25.3 Å². The topological polar surface area (TPSA) is 122 Å². The van der Waals surface area contributed by atoms with Gasteiger partial charge in [0.25, 0.3) is 5.91 Å². The van der Waals surface area contributed by atoms with Gasteiger partial charge in [0.15, 0.2) is 5.78 Å². The summed E-state index contributed by atoms with van der Waals surface area (Å²) in [5, 5.41) is 17.1. The van der Waals surface area contributed by atoms with Crippen molar-refractivity contribution in [3.05, 3.63) is 53.5 Å². The number of H-pyrrole nitrogens is 1. The molecule has 2 atom stereocenters. The Morgan fingerprint density at radius 1 is 1.15 bits per heavy atom. The first-order chi connectivity index (χ1) is 16.5. The lowest BCUT2D eigenvalue weighted by atomic mass is 9.75. The Labute approximate surface area is 197 Å². The van der Waals surface area contributed by atoms with E-state index >= 15 is 0 Å². The molecule has 3 heterocycles. The Morgan fingerprint density at radius 3 is 2.71 bits per heavy atom. The van der Waals surface area contributed by atoms with E-state index in [4.69, 9.17) is 0 Å². The standard InChI is InChI=1S/C25H28N6O3/c1-15-22(23-25(34)26-12-13-31(23)30-15)28-24(33)19-5-3-2-4-18(19)14-21(32)17-8-6-16(7-9-17)20-10-11-27-29-20/h6-11,18-19H,2-5,12-14H2,1H3,(H,26,34)(H,27,29)(H,28,33)/t18-,19+/m0/s1. The number of hydrogen-bond acceptors (Lipinski definition) is 5. The molecule has 34 heavy (non-hydrogen) atoms. The Kier molecular flexibility index (Phi) is 6.00. The van der Waals surface area contributed by atoms with Gasteiger partial charge in [0.1, 0.15) is 5.69 Å². The molecule has 176 valence electrons. The SMILES string of the molecule is Cc1nn2c(c1NC(=O)[C@@H]1CCCC[C@H]1CC(=O)c1ccc(-c3ccn[nH]3)cc1)C(=O)NCC2. The van der Waals surface area contributed by atoms with Gasteiger partial charge in [-0.2, -0.15) is 10.2 Å². The first kappa shape index (κ1) is 22.1. The summed E-state index contributed by atoms with van der Waals surface area (Å²) in [7, 11) is 0. The summed E-state index contributed by atoms with van der Waals surface area (Å²) < 4.78 is 1.65. The van der Waals surface area contributed by atoms with Crippen molar-refractivity contribution in [2.75, 3.05) is 11.9 Å². The number of nitrogens with zero attached hydrogens (tertiary/aromatic N) is 3. The first-order valence-electron chi connectivity index (χ1n) is 11.8. The average molecular weight is 461 g/mol. The number of nitrogens with one attached hydrogen (secondary N) is 3. The molecule has 0 bridgehead atoms. The van der Waals surface area contributed by atoms with Crippen LogP contribution < -0.4 is 10.6 Å². The van der Waals surface area contributed by atoms with Gasteiger partial charge in [0.2, 0.25) is 5.91 Å². The molecule has 1 aromatic carbocycles. The summed E-state index contributed by atoms with van der Waals surface area (Å²) in [6.07, 6.45) is 5.54. The molecule has 2 aliphatic rings. The predicted octanol–water partition coefficient (Wildman–Crippen LogP) is 3.34. The van der Waals surface area contributed by atoms with E-state index in [2.05, 4.69) is 25.9 Å². The van der Waals surface area contributed by atoms with E-state index in [1.807, 2.05) is 30.3 Å². The average Bonchev–Trinajstić information content (AvgIpc) is 3.48. The third kappa shape index (κ3) is 4.25. The number of hydrogen-bond donors (Lipinski definition) is 3. The zero-order valence-electron chi connectivity index (χ0n) is 19.1. The lowest BCUT2D eigenvalue weighted by Crippen LogP contribution is -2.37. The van der Waals surface area contributed by atoms with Crippen LogP contribution in [0.2, 0.25) is 0 Å². The van der Waals surface area contributed by atoms with E-state index in [9.17, 15) is 14.4 Å². The van der Waals surface area contributed by atoms with Crippen molar-refractivity contribution in [3.63, 3.8) is 0 Å². The van der Waals surface area contributed by atoms with Gasteiger partial charge in [-0.15, -0.1) is 0 Å². The van der Waals surface area contributed by atoms with Crippen molar-refractivity contribution in [2.45, 2.75) is 45.6 Å². The predicted molar refractivity (Wildman–Crippen MR) is 126 cm³/mol. The van der Waals surface area contributed by atoms with Crippen molar-refractivity contribution >= 4 is 23.3 Å². The zero-order valence-corrected chi connectivity index (χ0v) is 19.1. The fraction of sp³-hybridized carbons (Fsp3) is 0.400. The molecule has 9 heteroatoms. The fourth-order valence-corrected chi connectivity index (χ4v) is 5.10. The number of aromatic amines is 1. The summed E-state index contributed by atoms with van der Waals surface area (Å²) in [5.41, 5.74) is 4.01. The zero-order chi connectivity index (χ0) is 23.7. The molecule has 5 rings (SSSR count). The van der Waals surface area contributed by atoms with Crippen LogP contribution in [0.25, 0.3) is 11.3 Å². The van der Waals surface area contributed by atoms with Crippen LogP contribution in [0.15, 0.2) is 36.5 Å². The maximum atomic E-state index is 13.3. The minimum absolute atomic E-state index is 0.0333. The number of carbonyl (C=O) groups excluding carboxylic acids is 3. The Bertz CT molecular complexity index is 1210. The number of amides is 2. The minimum atomic E-state index is -0.274. The highest BCUT2D eigenvalue weighted by Gasteiger charge is 2.34. The molecule has 2 amide bonds. The molecule has 1 fully saturated rings. The van der Waals surface area contributed by atoms with Crippen LogP contribution in [0.1, 0.15) is 58.6 Å². The minimum Gasteiger partial charge on any atom is -0.349 e. The summed E-state index contributed by atoms with van der Waals surface area (Å²) in [6, 6.07) is 9.35. The van der Waals surface area contributed by atoms with E-state index in [-0.39, 0.29) is 29.4 Å². The molecule has 1 saturated carbocycles. The lowest BCUT2D eigenvalue weighted by Gasteiger charge is -2.30. The van der Waals surface area contributed by atoms with E-state index in [0.717, 1.165) is 36.9 Å². The van der Waals surface area contributed by atoms with Crippen molar-refractivity contribution in [3.8, 4) is 11.3 Å². The molecule has 0 saturated heterocycles. The van der Waals surface area contributed by atoms with E-state index in [0.29, 0.717) is 42.1 Å². The number of carbonyl (C=O) groups is 3. The number of aryl methyl sites for hydroxylation is 1. The van der Waals surface area contributed by atoms with Crippen LogP contribution >= 0.6 is 0 Å². The number of aromatic nitrogens is 4. The van der Waals surface area contributed by atoms with E-state index < -0.39 is 0 Å². The van der Waals surface area contributed by atoms with Crippen LogP contribution in [0.5, 0.6) is 0 Å². The summed E-state index contributed by atoms with van der Waals surface area (Å²) in [5.74, 6) is -0.627. The third-order valence-electron chi connectivity index (χ3n) is 6.91. The first-order valence-corrected chi connectivity index (χ1v) is 11.8. The van der Waals surface area contributed by atoms with Gasteiger partial charge in [-0.05, 0) is 37.3 Å². The maximum absolute atomic E-state index is 13.3. The number of anilines is 1. The van der Waals surface area contributed by atoms with Crippen molar-refractivity contribution in [1.29, 1.82) is 0 Å². The molecule has 3 aromatic rings. The molecule has 0 unspecified atom stereocenters. The van der Waals surface area contributed by atoms with Gasteiger partial charge < -0.3 is 10.6 Å². The second kappa shape index (κ2) is 9.24. The summed E-state index contributed by atoms with van der Waals surface area (Å²) in [6.45, 7) is 2.90. The van der Waals surface area contributed by atoms with Crippen LogP contribution in [-0.2, 0) is 11.3 Å². The molecular formula is C25H28N6O3. The Balaban J connectivity index is 1.29. The highest BCUT2D eigenvalue weighted by atomic mass is 16.2. The van der Waals surface area contributed by atoms with Crippen molar-refractivity contribution < 1.29 is 14.4 Å². The number of ketones is 1. The molecule has 2 aromatic heterocycles. The second-order valence-corrected chi connectivity index (χ2v) is 9.10. The van der Waals surface area contributed by atoms with Gasteiger partial charge in [-0.3, -0.25) is 24.2 Å². The highest BCUT2D eigenvalue weighted by Crippen LogP contribution is 2.35. The van der Waals surface area contributed by atoms with Gasteiger partial charge in [-0.1, -0.05) is 37.1 Å². The van der Waals surface area contributed by atoms with Crippen LogP contribution in [0.3, 0.4) is 0 Å². The molecule has 1 aliphatic heterocycles. The summed E-state index contributed by atoms with van der Waals surface area (Å²) >= 11 is 0. The molecule has 0 spiro atoms.